The van der Waals surface area contributed by atoms with Gasteiger partial charge in [-0.15, -0.1) is 10.2 Å². The van der Waals surface area contributed by atoms with Crippen molar-refractivity contribution in [3.63, 3.8) is 0 Å². The Morgan fingerprint density at radius 3 is 2.72 bits per heavy atom. The molecule has 0 bridgehead atoms. The lowest BCUT2D eigenvalue weighted by atomic mass is 9.89. The maximum Gasteiger partial charge on any atom is 0.264 e. The molecule has 3 aromatic rings. The van der Waals surface area contributed by atoms with Crippen LogP contribution < -0.4 is 0 Å². The van der Waals surface area contributed by atoms with Gasteiger partial charge in [0.25, 0.3) is 5.89 Å². The zero-order chi connectivity index (χ0) is 17.4. The van der Waals surface area contributed by atoms with Crippen molar-refractivity contribution in [1.82, 2.24) is 14.8 Å². The third kappa shape index (κ3) is 3.17. The Kier molecular flexibility index (Phi) is 4.50. The van der Waals surface area contributed by atoms with Crippen LogP contribution >= 0.6 is 15.9 Å². The summed E-state index contributed by atoms with van der Waals surface area (Å²) in [5.74, 6) is 1.78. The summed E-state index contributed by atoms with van der Waals surface area (Å²) in [4.78, 5) is 0. The molecule has 0 unspecified atom stereocenters. The molecule has 0 atom stereocenters. The molecule has 2 aromatic heterocycles. The van der Waals surface area contributed by atoms with Crippen LogP contribution in [0.4, 0.5) is 0 Å². The molecular formula is C20H21BrN3O. The van der Waals surface area contributed by atoms with Crippen LogP contribution in [-0.2, 0) is 0 Å². The highest BCUT2D eigenvalue weighted by molar-refractivity contribution is 9.10. The molecule has 0 N–H and O–H groups in total. The molecule has 1 radical (unpaired) electrons. The SMILES string of the molecule is Cc1[c]c(C)n(-c2cccc(Br)c2)c1-c1nnc(C2CCCCC2)o1. The Labute approximate surface area is 156 Å². The van der Waals surface area contributed by atoms with Crippen LogP contribution in [-0.4, -0.2) is 14.8 Å². The third-order valence-corrected chi connectivity index (χ3v) is 5.44. The predicted molar refractivity (Wildman–Crippen MR) is 101 cm³/mol. The molecule has 1 fully saturated rings. The fourth-order valence-corrected chi connectivity index (χ4v) is 4.15. The molecule has 2 heterocycles. The molecule has 1 saturated carbocycles. The highest BCUT2D eigenvalue weighted by Gasteiger charge is 2.24. The van der Waals surface area contributed by atoms with Gasteiger partial charge in [-0.25, -0.2) is 0 Å². The summed E-state index contributed by atoms with van der Waals surface area (Å²) in [5, 5.41) is 8.74. The van der Waals surface area contributed by atoms with E-state index in [9.17, 15) is 0 Å². The quantitative estimate of drug-likeness (QED) is 0.563. The summed E-state index contributed by atoms with van der Waals surface area (Å²) in [5.41, 5.74) is 4.05. The van der Waals surface area contributed by atoms with Crippen LogP contribution in [0.25, 0.3) is 17.3 Å². The van der Waals surface area contributed by atoms with Crippen molar-refractivity contribution in [1.29, 1.82) is 0 Å². The summed E-state index contributed by atoms with van der Waals surface area (Å²) >= 11 is 3.55. The molecule has 25 heavy (non-hydrogen) atoms. The van der Waals surface area contributed by atoms with E-state index in [1.165, 1.54) is 19.3 Å². The third-order valence-electron chi connectivity index (χ3n) is 4.95. The molecular weight excluding hydrogens is 378 g/mol. The van der Waals surface area contributed by atoms with Crippen LogP contribution in [0.3, 0.4) is 0 Å². The molecule has 4 rings (SSSR count). The number of aromatic nitrogens is 3. The fourth-order valence-electron chi connectivity index (χ4n) is 3.76. The molecule has 129 valence electrons. The van der Waals surface area contributed by atoms with Crippen LogP contribution in [0.1, 0.15) is 55.2 Å². The summed E-state index contributed by atoms with van der Waals surface area (Å²) in [7, 11) is 0. The average molecular weight is 399 g/mol. The molecule has 0 aliphatic heterocycles. The normalized spacial score (nSPS) is 15.6. The van der Waals surface area contributed by atoms with Crippen molar-refractivity contribution < 1.29 is 4.42 Å². The van der Waals surface area contributed by atoms with Gasteiger partial charge in [0.2, 0.25) is 5.89 Å². The Balaban J connectivity index is 1.77. The van der Waals surface area contributed by atoms with Gasteiger partial charge in [-0.1, -0.05) is 41.3 Å². The smallest absolute Gasteiger partial charge is 0.264 e. The number of hydrogen-bond donors (Lipinski definition) is 0. The van der Waals surface area contributed by atoms with E-state index < -0.39 is 0 Å². The Morgan fingerprint density at radius 1 is 1.16 bits per heavy atom. The van der Waals surface area contributed by atoms with E-state index >= 15 is 0 Å². The molecule has 4 nitrogen and oxygen atoms in total. The van der Waals surface area contributed by atoms with Crippen LogP contribution in [0, 0.1) is 19.9 Å². The molecule has 0 spiro atoms. The summed E-state index contributed by atoms with van der Waals surface area (Å²) in [6, 6.07) is 11.6. The minimum absolute atomic E-state index is 0.412. The van der Waals surface area contributed by atoms with Crippen molar-refractivity contribution in [2.24, 2.45) is 0 Å². The first kappa shape index (κ1) is 16.6. The molecule has 0 amide bonds. The van der Waals surface area contributed by atoms with E-state index in [4.69, 9.17) is 4.42 Å². The zero-order valence-electron chi connectivity index (χ0n) is 14.6. The van der Waals surface area contributed by atoms with E-state index in [1.807, 2.05) is 19.1 Å². The van der Waals surface area contributed by atoms with Gasteiger partial charge in [0.05, 0.1) is 0 Å². The lowest BCUT2D eigenvalue weighted by Gasteiger charge is -2.17. The Morgan fingerprint density at radius 2 is 1.96 bits per heavy atom. The number of aryl methyl sites for hydroxylation is 2. The number of halogens is 1. The van der Waals surface area contributed by atoms with Gasteiger partial charge in [-0.05, 0) is 50.5 Å². The van der Waals surface area contributed by atoms with Gasteiger partial charge >= 0.3 is 0 Å². The molecule has 1 aromatic carbocycles. The first-order valence-electron chi connectivity index (χ1n) is 8.84. The summed E-state index contributed by atoms with van der Waals surface area (Å²) < 4.78 is 9.30. The predicted octanol–water partition coefficient (Wildman–Crippen LogP) is 5.75. The second kappa shape index (κ2) is 6.79. The highest BCUT2D eigenvalue weighted by Crippen LogP contribution is 2.35. The van der Waals surface area contributed by atoms with Gasteiger partial charge < -0.3 is 8.98 Å². The lowest BCUT2D eigenvalue weighted by molar-refractivity contribution is 0.366. The molecule has 0 saturated heterocycles. The van der Waals surface area contributed by atoms with Gasteiger partial charge in [-0.3, -0.25) is 0 Å². The van der Waals surface area contributed by atoms with Gasteiger partial charge in [0.1, 0.15) is 5.69 Å². The fraction of sp³-hybridized carbons (Fsp3) is 0.400. The van der Waals surface area contributed by atoms with Crippen LogP contribution in [0.5, 0.6) is 0 Å². The highest BCUT2D eigenvalue weighted by atomic mass is 79.9. The van der Waals surface area contributed by atoms with Crippen molar-refractivity contribution >= 4 is 15.9 Å². The number of benzene rings is 1. The van der Waals surface area contributed by atoms with E-state index in [0.717, 1.165) is 45.8 Å². The molecule has 1 aliphatic carbocycles. The first-order chi connectivity index (χ1) is 12.1. The second-order valence-electron chi connectivity index (χ2n) is 6.78. The van der Waals surface area contributed by atoms with Crippen LogP contribution in [0.15, 0.2) is 33.2 Å². The van der Waals surface area contributed by atoms with E-state index in [0.29, 0.717) is 11.8 Å². The van der Waals surface area contributed by atoms with E-state index in [-0.39, 0.29) is 0 Å². The maximum atomic E-state index is 6.12. The number of hydrogen-bond acceptors (Lipinski definition) is 3. The average Bonchev–Trinajstić information content (AvgIpc) is 3.19. The summed E-state index contributed by atoms with van der Waals surface area (Å²) in [6.45, 7) is 4.09. The maximum absolute atomic E-state index is 6.12. The summed E-state index contributed by atoms with van der Waals surface area (Å²) in [6.07, 6.45) is 6.12. The minimum Gasteiger partial charge on any atom is -0.419 e. The largest absolute Gasteiger partial charge is 0.419 e. The first-order valence-corrected chi connectivity index (χ1v) is 9.63. The van der Waals surface area contributed by atoms with Gasteiger partial charge in [-0.2, -0.15) is 0 Å². The van der Waals surface area contributed by atoms with E-state index in [2.05, 4.69) is 55.8 Å². The lowest BCUT2D eigenvalue weighted by Crippen LogP contribution is -2.04. The standard InChI is InChI=1S/C20H21BrN3O/c1-13-11-14(2)24(17-10-6-9-16(21)12-17)18(13)20-23-22-19(25-20)15-7-4-3-5-8-15/h6,9-10,12,15H,3-5,7-8H2,1-2H3. The topological polar surface area (TPSA) is 43.9 Å². The van der Waals surface area contributed by atoms with Gasteiger partial charge in [0.15, 0.2) is 0 Å². The van der Waals surface area contributed by atoms with E-state index in [1.54, 1.807) is 0 Å². The van der Waals surface area contributed by atoms with Gasteiger partial charge in [0, 0.05) is 27.8 Å². The molecule has 5 heteroatoms. The van der Waals surface area contributed by atoms with Crippen molar-refractivity contribution in [2.75, 3.05) is 0 Å². The zero-order valence-corrected chi connectivity index (χ0v) is 16.1. The Bertz CT molecular complexity index is 890. The van der Waals surface area contributed by atoms with Crippen molar-refractivity contribution in [2.45, 2.75) is 51.9 Å². The van der Waals surface area contributed by atoms with Crippen molar-refractivity contribution in [3.8, 4) is 17.3 Å². The number of nitrogens with zero attached hydrogens (tertiary/aromatic N) is 3. The minimum atomic E-state index is 0.412. The Hall–Kier alpha value is -1.88. The molecule has 1 aliphatic rings. The van der Waals surface area contributed by atoms with Crippen LogP contribution in [0.2, 0.25) is 0 Å². The second-order valence-corrected chi connectivity index (χ2v) is 7.70. The number of rotatable bonds is 3. The van der Waals surface area contributed by atoms with Crippen molar-refractivity contribution in [3.05, 3.63) is 52.0 Å². The monoisotopic (exact) mass is 398 g/mol.